The minimum absolute atomic E-state index is 0.314. The first-order chi connectivity index (χ1) is 8.99. The summed E-state index contributed by atoms with van der Waals surface area (Å²) in [7, 11) is 2.12. The summed E-state index contributed by atoms with van der Waals surface area (Å²) in [6.45, 7) is 10.4. The van der Waals surface area contributed by atoms with Crippen molar-refractivity contribution in [3.8, 4) is 0 Å². The van der Waals surface area contributed by atoms with Crippen molar-refractivity contribution in [3.63, 3.8) is 0 Å². The molecule has 0 saturated heterocycles. The maximum absolute atomic E-state index is 4.01. The predicted octanol–water partition coefficient (Wildman–Crippen LogP) is 4.55. The summed E-state index contributed by atoms with van der Waals surface area (Å²) >= 11 is 0. The second-order valence-corrected chi connectivity index (χ2v) is 5.25. The van der Waals surface area contributed by atoms with Crippen molar-refractivity contribution in [3.05, 3.63) is 59.9 Å². The molecule has 1 N–H and O–H groups in total. The van der Waals surface area contributed by atoms with E-state index in [0.717, 1.165) is 5.57 Å². The quantitative estimate of drug-likeness (QED) is 0.847. The molecule has 0 amide bonds. The summed E-state index contributed by atoms with van der Waals surface area (Å²) in [6.07, 6.45) is 2.05. The lowest BCUT2D eigenvalue weighted by Gasteiger charge is -2.27. The van der Waals surface area contributed by atoms with Crippen molar-refractivity contribution in [1.82, 2.24) is 4.98 Å². The van der Waals surface area contributed by atoms with E-state index in [1.807, 2.05) is 13.1 Å². The molecule has 2 rings (SSSR count). The van der Waals surface area contributed by atoms with E-state index in [2.05, 4.69) is 67.7 Å². The first-order valence-electron chi connectivity index (χ1n) is 6.62. The maximum Gasteiger partial charge on any atom is 0.0660 e. The Bertz CT molecular complexity index is 580. The average molecular weight is 254 g/mol. The Morgan fingerprint density at radius 1 is 1.32 bits per heavy atom. The van der Waals surface area contributed by atoms with Crippen LogP contribution in [0.1, 0.15) is 36.7 Å². The minimum atomic E-state index is 0.314. The number of nitrogens with zero attached hydrogens (tertiary/aromatic N) is 1. The van der Waals surface area contributed by atoms with Crippen molar-refractivity contribution in [2.75, 3.05) is 11.9 Å². The zero-order chi connectivity index (χ0) is 14.0. The van der Waals surface area contributed by atoms with E-state index in [9.17, 15) is 0 Å². The zero-order valence-corrected chi connectivity index (χ0v) is 12.2. The van der Waals surface area contributed by atoms with E-state index >= 15 is 0 Å². The van der Waals surface area contributed by atoms with Crippen LogP contribution in [0.4, 0.5) is 5.69 Å². The average Bonchev–Trinajstić information content (AvgIpc) is 2.84. The van der Waals surface area contributed by atoms with Crippen molar-refractivity contribution in [2.45, 2.75) is 26.8 Å². The van der Waals surface area contributed by atoms with E-state index in [0.29, 0.717) is 6.04 Å². The summed E-state index contributed by atoms with van der Waals surface area (Å²) in [5, 5.41) is 0. The Kier molecular flexibility index (Phi) is 3.79. The zero-order valence-electron chi connectivity index (χ0n) is 12.2. The van der Waals surface area contributed by atoms with Crippen LogP contribution in [0.2, 0.25) is 0 Å². The van der Waals surface area contributed by atoms with Gasteiger partial charge >= 0.3 is 0 Å². The van der Waals surface area contributed by atoms with Crippen LogP contribution in [0, 0.1) is 6.92 Å². The Morgan fingerprint density at radius 3 is 2.63 bits per heavy atom. The van der Waals surface area contributed by atoms with Gasteiger partial charge in [0.25, 0.3) is 0 Å². The van der Waals surface area contributed by atoms with Crippen LogP contribution >= 0.6 is 0 Å². The standard InChI is InChI=1S/C17H22N2/c1-12(2)15-7-6-8-16(10-15)19(5)14(4)17-9-13(3)11-18-17/h6-11,14,18H,1H2,2-5H3. The topological polar surface area (TPSA) is 19.0 Å². The molecule has 1 aromatic heterocycles. The Hall–Kier alpha value is -1.96. The van der Waals surface area contributed by atoms with Gasteiger partial charge in [-0.1, -0.05) is 24.3 Å². The van der Waals surface area contributed by atoms with Gasteiger partial charge in [0.2, 0.25) is 0 Å². The number of nitrogens with one attached hydrogen (secondary N) is 1. The fourth-order valence-electron chi connectivity index (χ4n) is 2.19. The van der Waals surface area contributed by atoms with Gasteiger partial charge in [0.1, 0.15) is 0 Å². The van der Waals surface area contributed by atoms with E-state index < -0.39 is 0 Å². The number of aromatic amines is 1. The summed E-state index contributed by atoms with van der Waals surface area (Å²) in [4.78, 5) is 5.61. The molecule has 0 bridgehead atoms. The van der Waals surface area contributed by atoms with Crippen LogP contribution in [0.5, 0.6) is 0 Å². The number of hydrogen-bond donors (Lipinski definition) is 1. The summed E-state index contributed by atoms with van der Waals surface area (Å²) < 4.78 is 0. The van der Waals surface area contributed by atoms with Gasteiger partial charge < -0.3 is 9.88 Å². The van der Waals surface area contributed by atoms with Crippen molar-refractivity contribution < 1.29 is 0 Å². The molecule has 2 aromatic rings. The second kappa shape index (κ2) is 5.35. The molecule has 19 heavy (non-hydrogen) atoms. The van der Waals surface area contributed by atoms with Gasteiger partial charge in [0.15, 0.2) is 0 Å². The Morgan fingerprint density at radius 2 is 2.05 bits per heavy atom. The summed E-state index contributed by atoms with van der Waals surface area (Å²) in [6, 6.07) is 11.0. The molecule has 0 saturated carbocycles. The normalized spacial score (nSPS) is 12.2. The van der Waals surface area contributed by atoms with Crippen molar-refractivity contribution >= 4 is 11.3 Å². The molecule has 0 spiro atoms. The first-order valence-corrected chi connectivity index (χ1v) is 6.62. The van der Waals surface area contributed by atoms with Crippen LogP contribution in [0.3, 0.4) is 0 Å². The van der Waals surface area contributed by atoms with Crippen LogP contribution in [0.25, 0.3) is 5.57 Å². The van der Waals surface area contributed by atoms with Crippen LogP contribution < -0.4 is 4.90 Å². The van der Waals surface area contributed by atoms with Gasteiger partial charge in [-0.05, 0) is 50.1 Å². The van der Waals surface area contributed by atoms with Gasteiger partial charge in [0.05, 0.1) is 6.04 Å². The molecular weight excluding hydrogens is 232 g/mol. The van der Waals surface area contributed by atoms with E-state index in [1.54, 1.807) is 0 Å². The monoisotopic (exact) mass is 254 g/mol. The van der Waals surface area contributed by atoms with E-state index in [-0.39, 0.29) is 0 Å². The number of aryl methyl sites for hydroxylation is 1. The van der Waals surface area contributed by atoms with Gasteiger partial charge in [-0.2, -0.15) is 0 Å². The lowest BCUT2D eigenvalue weighted by atomic mass is 10.1. The highest BCUT2D eigenvalue weighted by atomic mass is 15.1. The van der Waals surface area contributed by atoms with Crippen molar-refractivity contribution in [2.24, 2.45) is 0 Å². The van der Waals surface area contributed by atoms with Crippen molar-refractivity contribution in [1.29, 1.82) is 0 Å². The summed E-state index contributed by atoms with van der Waals surface area (Å²) in [5.74, 6) is 0. The highest BCUT2D eigenvalue weighted by Gasteiger charge is 2.14. The number of rotatable bonds is 4. The SMILES string of the molecule is C=C(C)c1cccc(N(C)C(C)c2cc(C)c[nH]2)c1. The molecule has 1 atom stereocenters. The third-order valence-electron chi connectivity index (χ3n) is 3.63. The second-order valence-electron chi connectivity index (χ2n) is 5.25. The molecule has 0 radical (unpaired) electrons. The molecule has 1 heterocycles. The fourth-order valence-corrected chi connectivity index (χ4v) is 2.19. The van der Waals surface area contributed by atoms with Crippen LogP contribution in [0.15, 0.2) is 43.1 Å². The first kappa shape index (κ1) is 13.5. The molecule has 1 unspecified atom stereocenters. The largest absolute Gasteiger partial charge is 0.366 e. The molecule has 100 valence electrons. The van der Waals surface area contributed by atoms with Gasteiger partial charge in [-0.3, -0.25) is 0 Å². The lowest BCUT2D eigenvalue weighted by molar-refractivity contribution is 0.719. The number of aromatic nitrogens is 1. The molecular formula is C17H22N2. The number of allylic oxidation sites excluding steroid dienone is 1. The Balaban J connectivity index is 2.26. The number of anilines is 1. The van der Waals surface area contributed by atoms with Crippen LogP contribution in [-0.4, -0.2) is 12.0 Å². The predicted molar refractivity (Wildman–Crippen MR) is 83.5 cm³/mol. The third-order valence-corrected chi connectivity index (χ3v) is 3.63. The van der Waals surface area contributed by atoms with Gasteiger partial charge in [0, 0.05) is 24.6 Å². The third kappa shape index (κ3) is 2.90. The molecule has 0 aliphatic carbocycles. The van der Waals surface area contributed by atoms with Gasteiger partial charge in [-0.15, -0.1) is 0 Å². The van der Waals surface area contributed by atoms with Crippen LogP contribution in [-0.2, 0) is 0 Å². The highest BCUT2D eigenvalue weighted by molar-refractivity contribution is 5.66. The Labute approximate surface area is 115 Å². The fraction of sp³-hybridized carbons (Fsp3) is 0.294. The molecule has 1 aromatic carbocycles. The molecule has 2 nitrogen and oxygen atoms in total. The maximum atomic E-state index is 4.01. The van der Waals surface area contributed by atoms with Gasteiger partial charge in [-0.25, -0.2) is 0 Å². The number of hydrogen-bond acceptors (Lipinski definition) is 1. The number of benzene rings is 1. The highest BCUT2D eigenvalue weighted by Crippen LogP contribution is 2.27. The smallest absolute Gasteiger partial charge is 0.0660 e. The minimum Gasteiger partial charge on any atom is -0.366 e. The van der Waals surface area contributed by atoms with E-state index in [1.165, 1.54) is 22.5 Å². The molecule has 0 fully saturated rings. The lowest BCUT2D eigenvalue weighted by Crippen LogP contribution is -2.21. The summed E-state index contributed by atoms with van der Waals surface area (Å²) in [5.41, 5.74) is 6.00. The number of H-pyrrole nitrogens is 1. The molecule has 0 aliphatic rings. The van der Waals surface area contributed by atoms with E-state index in [4.69, 9.17) is 0 Å². The molecule has 0 aliphatic heterocycles. The molecule has 2 heteroatoms.